The maximum atomic E-state index is 11.5. The van der Waals surface area contributed by atoms with Gasteiger partial charge in [-0.3, -0.25) is 0 Å². The number of hydrogen-bond donors (Lipinski definition) is 3. The summed E-state index contributed by atoms with van der Waals surface area (Å²) in [5.74, 6) is 1.30. The molecule has 9 heteroatoms. The number of esters is 1. The molecule has 0 aliphatic carbocycles. The number of carbonyl (C=O) groups is 1. The third-order valence-electron chi connectivity index (χ3n) is 5.73. The van der Waals surface area contributed by atoms with Crippen LogP contribution in [-0.2, 0) is 11.3 Å². The molecule has 0 aliphatic heterocycles. The molecule has 0 atom stereocenters. The zero-order valence-corrected chi connectivity index (χ0v) is 20.6. The summed E-state index contributed by atoms with van der Waals surface area (Å²) in [6.45, 7) is 0.0512. The number of benzene rings is 4. The number of fused-ring (bicyclic) bond motifs is 2. The van der Waals surface area contributed by atoms with Gasteiger partial charge < -0.3 is 21.2 Å². The number of rotatable bonds is 4. The van der Waals surface area contributed by atoms with Gasteiger partial charge in [0.15, 0.2) is 17.4 Å². The fourth-order valence-corrected chi connectivity index (χ4v) is 3.88. The molecule has 0 aliphatic rings. The van der Waals surface area contributed by atoms with Crippen LogP contribution in [-0.4, -0.2) is 55.5 Å². The van der Waals surface area contributed by atoms with Crippen molar-refractivity contribution in [2.75, 3.05) is 7.11 Å². The summed E-state index contributed by atoms with van der Waals surface area (Å²) in [5.41, 5.74) is 7.00. The largest absolute Gasteiger partial charge is 1.00 e. The molecule has 0 spiro atoms. The Kier molecular flexibility index (Phi) is 10.1. The quantitative estimate of drug-likeness (QED) is 0.245. The van der Waals surface area contributed by atoms with Crippen molar-refractivity contribution in [3.63, 3.8) is 0 Å². The van der Waals surface area contributed by atoms with Crippen molar-refractivity contribution in [1.82, 2.24) is 19.9 Å². The third kappa shape index (κ3) is 6.44. The van der Waals surface area contributed by atoms with Gasteiger partial charge in [0.2, 0.25) is 0 Å². The minimum absolute atomic E-state index is 0. The van der Waals surface area contributed by atoms with E-state index < -0.39 is 0 Å². The van der Waals surface area contributed by atoms with Crippen LogP contribution in [0.5, 0.6) is 0 Å². The molecule has 0 saturated heterocycles. The summed E-state index contributed by atoms with van der Waals surface area (Å²) in [6.07, 6.45) is 0. The predicted molar refractivity (Wildman–Crippen MR) is 151 cm³/mol. The smallest absolute Gasteiger partial charge is 1.00 e. The van der Waals surface area contributed by atoms with E-state index >= 15 is 0 Å². The van der Waals surface area contributed by atoms with E-state index in [1.807, 2.05) is 84.9 Å². The first kappa shape index (κ1) is 28.9. The molecule has 2 aromatic heterocycles. The van der Waals surface area contributed by atoms with E-state index in [1.165, 1.54) is 7.11 Å². The molecule has 186 valence electrons. The van der Waals surface area contributed by atoms with Crippen molar-refractivity contribution in [3.8, 4) is 22.8 Å². The molecule has 7 nitrogen and oxygen atoms in total. The van der Waals surface area contributed by atoms with Crippen LogP contribution in [0.3, 0.4) is 0 Å². The number of H-pyrrole nitrogens is 2. The second-order valence-electron chi connectivity index (χ2n) is 8.14. The maximum absolute atomic E-state index is 11.5. The molecule has 0 fully saturated rings. The number of imidazole rings is 2. The Morgan fingerprint density at radius 2 is 1.29 bits per heavy atom. The topological polar surface area (TPSA) is 104 Å². The van der Waals surface area contributed by atoms with Crippen molar-refractivity contribution in [3.05, 3.63) is 108 Å². The van der Waals surface area contributed by atoms with E-state index in [-0.39, 0.29) is 50.2 Å². The molecule has 3 N–H and O–H groups in total. The van der Waals surface area contributed by atoms with Gasteiger partial charge in [-0.1, -0.05) is 66.7 Å². The Bertz CT molecular complexity index is 1640. The molecule has 0 unspecified atom stereocenters. The van der Waals surface area contributed by atoms with Crippen molar-refractivity contribution < 1.29 is 34.9 Å². The summed E-state index contributed by atoms with van der Waals surface area (Å²) in [5, 5.41) is 9.09. The van der Waals surface area contributed by atoms with Gasteiger partial charge in [0.1, 0.15) is 11.6 Å². The van der Waals surface area contributed by atoms with E-state index in [0.29, 0.717) is 5.56 Å². The van der Waals surface area contributed by atoms with Gasteiger partial charge in [-0.15, -0.1) is 0 Å². The number of aliphatic hydroxyl groups excluding tert-OH is 1. The van der Waals surface area contributed by atoms with Gasteiger partial charge >= 0.3 is 24.8 Å². The summed E-state index contributed by atoms with van der Waals surface area (Å²) < 4.78 is 4.70. The van der Waals surface area contributed by atoms with Crippen molar-refractivity contribution in [2.45, 2.75) is 6.61 Å². The molecule has 0 radical (unpaired) electrons. The molecule has 4 aromatic carbocycles. The molecular formula is C29H28AlLiN4O3. The summed E-state index contributed by atoms with van der Waals surface area (Å²) >= 11 is 0. The Labute approximate surface area is 244 Å². The third-order valence-corrected chi connectivity index (χ3v) is 5.73. The second-order valence-corrected chi connectivity index (χ2v) is 8.14. The average molecular weight is 514 g/mol. The van der Waals surface area contributed by atoms with E-state index in [1.54, 1.807) is 12.1 Å². The average Bonchev–Trinajstić information content (AvgIpc) is 3.57. The van der Waals surface area contributed by atoms with Gasteiger partial charge in [-0.05, 0) is 35.9 Å². The molecule has 6 rings (SSSR count). The molecule has 2 heterocycles. The molecule has 38 heavy (non-hydrogen) atoms. The first-order valence-corrected chi connectivity index (χ1v) is 11.4. The summed E-state index contributed by atoms with van der Waals surface area (Å²) in [7, 11) is 1.37. The number of nitrogens with one attached hydrogen (secondary N) is 2. The van der Waals surface area contributed by atoms with Gasteiger partial charge in [0.05, 0.1) is 41.3 Å². The number of carbonyl (C=O) groups excluding carboxylic acids is 1. The SMILES string of the molecule is COC(=O)c1ccc2nc(-c3ccccc3)[nH]c2c1.OCc1ccc2nc(-c3ccccc3)[nH]c2c1.[AlH3].[H-].[Li+]. The molecular weight excluding hydrogens is 486 g/mol. The minimum atomic E-state index is -0.349. The van der Waals surface area contributed by atoms with Gasteiger partial charge in [0.25, 0.3) is 0 Å². The Hall–Kier alpha value is -3.62. The van der Waals surface area contributed by atoms with Crippen molar-refractivity contribution >= 4 is 45.4 Å². The molecule has 0 bridgehead atoms. The zero-order chi connectivity index (χ0) is 24.9. The number of ether oxygens (including phenoxy) is 1. The van der Waals surface area contributed by atoms with Crippen molar-refractivity contribution in [2.24, 2.45) is 0 Å². The minimum Gasteiger partial charge on any atom is -1.00 e. The van der Waals surface area contributed by atoms with Gasteiger partial charge in [-0.2, -0.15) is 0 Å². The Balaban J connectivity index is 0.000000255. The zero-order valence-electron chi connectivity index (χ0n) is 21.6. The van der Waals surface area contributed by atoms with E-state index in [9.17, 15) is 4.79 Å². The van der Waals surface area contributed by atoms with E-state index in [0.717, 1.165) is 50.4 Å². The number of methoxy groups -OCH3 is 1. The number of aromatic nitrogens is 4. The fourth-order valence-electron chi connectivity index (χ4n) is 3.88. The summed E-state index contributed by atoms with van der Waals surface area (Å²) in [6, 6.07) is 30.9. The predicted octanol–water partition coefficient (Wildman–Crippen LogP) is 1.67. The van der Waals surface area contributed by atoms with Crippen LogP contribution in [0.25, 0.3) is 44.8 Å². The molecule has 6 aromatic rings. The van der Waals surface area contributed by atoms with Crippen LogP contribution in [0.15, 0.2) is 97.1 Å². The van der Waals surface area contributed by atoms with Crippen LogP contribution >= 0.6 is 0 Å². The fraction of sp³-hybridized carbons (Fsp3) is 0.0690. The van der Waals surface area contributed by atoms with Crippen LogP contribution in [0.4, 0.5) is 0 Å². The van der Waals surface area contributed by atoms with E-state index in [2.05, 4.69) is 19.9 Å². The summed E-state index contributed by atoms with van der Waals surface area (Å²) in [4.78, 5) is 27.0. The van der Waals surface area contributed by atoms with Crippen molar-refractivity contribution in [1.29, 1.82) is 0 Å². The van der Waals surface area contributed by atoms with Gasteiger partial charge in [-0.25, -0.2) is 14.8 Å². The first-order chi connectivity index (χ1) is 17.6. The maximum Gasteiger partial charge on any atom is 1.00 e. The molecule has 0 saturated carbocycles. The van der Waals surface area contributed by atoms with Crippen LogP contribution in [0.1, 0.15) is 17.3 Å². The Morgan fingerprint density at radius 3 is 1.79 bits per heavy atom. The number of aliphatic hydroxyl groups is 1. The van der Waals surface area contributed by atoms with Crippen LogP contribution in [0.2, 0.25) is 0 Å². The normalized spacial score (nSPS) is 10.2. The first-order valence-electron chi connectivity index (χ1n) is 11.4. The van der Waals surface area contributed by atoms with Crippen LogP contribution in [0, 0.1) is 0 Å². The molecule has 0 amide bonds. The Morgan fingerprint density at radius 1 is 0.789 bits per heavy atom. The van der Waals surface area contributed by atoms with Crippen LogP contribution < -0.4 is 18.9 Å². The monoisotopic (exact) mass is 514 g/mol. The standard InChI is InChI=1S/C15H12N2O2.C14H12N2O.Al.Li.4H/c1-19-15(18)11-7-8-12-13(9-11)17-14(16-12)10-5-3-2-4-6-10;17-9-10-6-7-12-13(8-10)16-14(15-12)11-4-2-1-3-5-11;;;;;;/h2-9H,1H3,(H,16,17);1-8,17H,9H2,(H,15,16);;;;;;/q;;;+1;;;;-1. The van der Waals surface area contributed by atoms with E-state index in [4.69, 9.17) is 9.84 Å². The number of nitrogens with zero attached hydrogens (tertiary/aromatic N) is 2. The van der Waals surface area contributed by atoms with Gasteiger partial charge in [0, 0.05) is 11.1 Å². The number of hydrogen-bond acceptors (Lipinski definition) is 5. The number of aromatic amines is 2. The second kappa shape index (κ2) is 13.3.